The number of aryl methyl sites for hydroxylation is 1. The van der Waals surface area contributed by atoms with Crippen molar-refractivity contribution in [3.63, 3.8) is 0 Å². The third-order valence-electron chi connectivity index (χ3n) is 1.80. The maximum absolute atomic E-state index is 6.07. The molecule has 0 aliphatic rings. The van der Waals surface area contributed by atoms with Gasteiger partial charge >= 0.3 is 0 Å². The van der Waals surface area contributed by atoms with Crippen molar-refractivity contribution >= 4 is 11.6 Å². The van der Waals surface area contributed by atoms with Gasteiger partial charge in [-0.1, -0.05) is 32.4 Å². The molecule has 2 heteroatoms. The van der Waals surface area contributed by atoms with Crippen LogP contribution < -0.4 is 0 Å². The Morgan fingerprint density at radius 3 is 2.33 bits per heavy atom. The first-order valence-corrected chi connectivity index (χ1v) is 4.41. The summed E-state index contributed by atoms with van der Waals surface area (Å²) in [5, 5.41) is 0.815. The molecule has 0 radical (unpaired) electrons. The van der Waals surface area contributed by atoms with Crippen molar-refractivity contribution in [2.75, 3.05) is 0 Å². The third kappa shape index (κ3) is 1.98. The van der Waals surface area contributed by atoms with Gasteiger partial charge in [0.25, 0.3) is 0 Å². The van der Waals surface area contributed by atoms with Crippen LogP contribution in [0.2, 0.25) is 5.02 Å². The molecule has 0 saturated carbocycles. The Kier molecular flexibility index (Phi) is 2.43. The average molecular weight is 184 g/mol. The summed E-state index contributed by atoms with van der Waals surface area (Å²) in [6, 6.07) is 1.90. The minimum absolute atomic E-state index is 0.0811. The van der Waals surface area contributed by atoms with E-state index in [-0.39, 0.29) is 5.41 Å². The number of hydrogen-bond acceptors (Lipinski definition) is 1. The van der Waals surface area contributed by atoms with Gasteiger partial charge in [0.15, 0.2) is 0 Å². The van der Waals surface area contributed by atoms with Crippen molar-refractivity contribution in [3.05, 3.63) is 28.5 Å². The number of aromatic nitrogens is 1. The summed E-state index contributed by atoms with van der Waals surface area (Å²) in [5.41, 5.74) is 2.15. The van der Waals surface area contributed by atoms with Crippen LogP contribution in [0.5, 0.6) is 0 Å². The van der Waals surface area contributed by atoms with Crippen LogP contribution in [0.4, 0.5) is 0 Å². The van der Waals surface area contributed by atoms with E-state index in [2.05, 4.69) is 25.8 Å². The van der Waals surface area contributed by atoms with Crippen molar-refractivity contribution in [2.45, 2.75) is 33.1 Å². The van der Waals surface area contributed by atoms with E-state index >= 15 is 0 Å². The maximum atomic E-state index is 6.07. The molecule has 0 fully saturated rings. The van der Waals surface area contributed by atoms with E-state index in [1.165, 1.54) is 0 Å². The second-order valence-electron chi connectivity index (χ2n) is 4.06. The molecule has 0 bridgehead atoms. The quantitative estimate of drug-likeness (QED) is 0.601. The van der Waals surface area contributed by atoms with E-state index < -0.39 is 0 Å². The van der Waals surface area contributed by atoms with Gasteiger partial charge in [-0.2, -0.15) is 0 Å². The Bertz CT molecular complexity index is 286. The maximum Gasteiger partial charge on any atom is 0.0476 e. The molecule has 0 aliphatic heterocycles. The first-order chi connectivity index (χ1) is 5.41. The summed E-state index contributed by atoms with van der Waals surface area (Å²) < 4.78 is 0. The Balaban J connectivity index is 3.19. The molecule has 1 aromatic rings. The molecule has 0 N–H and O–H groups in total. The van der Waals surface area contributed by atoms with Gasteiger partial charge in [0.1, 0.15) is 0 Å². The van der Waals surface area contributed by atoms with Gasteiger partial charge in [-0.25, -0.2) is 0 Å². The third-order valence-corrected chi connectivity index (χ3v) is 2.11. The molecule has 1 rings (SSSR count). The predicted octanol–water partition coefficient (Wildman–Crippen LogP) is 3.34. The van der Waals surface area contributed by atoms with Gasteiger partial charge in [0.05, 0.1) is 0 Å². The van der Waals surface area contributed by atoms with E-state index in [9.17, 15) is 0 Å². The molecular weight excluding hydrogens is 170 g/mol. The van der Waals surface area contributed by atoms with Crippen LogP contribution in [0, 0.1) is 6.92 Å². The van der Waals surface area contributed by atoms with Gasteiger partial charge in [-0.15, -0.1) is 0 Å². The van der Waals surface area contributed by atoms with E-state index in [0.29, 0.717) is 0 Å². The SMILES string of the molecule is Cc1cc(Cl)c(C(C)(C)C)cn1. The van der Waals surface area contributed by atoms with Gasteiger partial charge in [-0.3, -0.25) is 4.98 Å². The minimum atomic E-state index is 0.0811. The zero-order chi connectivity index (χ0) is 9.35. The lowest BCUT2D eigenvalue weighted by Gasteiger charge is -2.19. The number of nitrogens with zero attached hydrogens (tertiary/aromatic N) is 1. The number of pyridine rings is 1. The average Bonchev–Trinajstić information content (AvgIpc) is 1.83. The molecule has 0 aromatic carbocycles. The van der Waals surface area contributed by atoms with Gasteiger partial charge in [0, 0.05) is 16.9 Å². The lowest BCUT2D eigenvalue weighted by molar-refractivity contribution is 0.587. The van der Waals surface area contributed by atoms with Gasteiger partial charge < -0.3 is 0 Å². The molecule has 66 valence electrons. The highest BCUT2D eigenvalue weighted by Crippen LogP contribution is 2.28. The second kappa shape index (κ2) is 3.06. The fourth-order valence-corrected chi connectivity index (χ4v) is 1.57. The molecule has 12 heavy (non-hydrogen) atoms. The molecular formula is C10H14ClN. The Morgan fingerprint density at radius 1 is 1.33 bits per heavy atom. The van der Waals surface area contributed by atoms with Crippen LogP contribution in [0.1, 0.15) is 32.0 Å². The standard InChI is InChI=1S/C10H14ClN/c1-7-5-9(11)8(6-12-7)10(2,3)4/h5-6H,1-4H3. The van der Waals surface area contributed by atoms with Gasteiger partial charge in [-0.05, 0) is 24.0 Å². The van der Waals surface area contributed by atoms with Crippen molar-refractivity contribution in [1.29, 1.82) is 0 Å². The number of halogens is 1. The molecule has 0 amide bonds. The molecule has 1 heterocycles. The fraction of sp³-hybridized carbons (Fsp3) is 0.500. The molecule has 0 unspecified atom stereocenters. The van der Waals surface area contributed by atoms with Crippen LogP contribution in [-0.4, -0.2) is 4.98 Å². The predicted molar refractivity (Wildman–Crippen MR) is 52.7 cm³/mol. The normalized spacial score (nSPS) is 11.8. The Hall–Kier alpha value is -0.560. The summed E-state index contributed by atoms with van der Waals surface area (Å²) in [5.74, 6) is 0. The summed E-state index contributed by atoms with van der Waals surface area (Å²) >= 11 is 6.07. The highest BCUT2D eigenvalue weighted by Gasteiger charge is 2.17. The lowest BCUT2D eigenvalue weighted by atomic mass is 9.88. The van der Waals surface area contributed by atoms with Crippen molar-refractivity contribution < 1.29 is 0 Å². The molecule has 1 aromatic heterocycles. The highest BCUT2D eigenvalue weighted by atomic mass is 35.5. The topological polar surface area (TPSA) is 12.9 Å². The van der Waals surface area contributed by atoms with Crippen molar-refractivity contribution in [1.82, 2.24) is 4.98 Å². The summed E-state index contributed by atoms with van der Waals surface area (Å²) in [6.07, 6.45) is 1.86. The van der Waals surface area contributed by atoms with Gasteiger partial charge in [0.2, 0.25) is 0 Å². The van der Waals surface area contributed by atoms with E-state index in [0.717, 1.165) is 16.3 Å². The lowest BCUT2D eigenvalue weighted by Crippen LogP contribution is -2.12. The van der Waals surface area contributed by atoms with Crippen LogP contribution in [0.3, 0.4) is 0 Å². The van der Waals surface area contributed by atoms with Crippen LogP contribution in [-0.2, 0) is 5.41 Å². The monoisotopic (exact) mass is 183 g/mol. The molecule has 0 atom stereocenters. The molecule has 0 aliphatic carbocycles. The van der Waals surface area contributed by atoms with E-state index in [1.54, 1.807) is 0 Å². The van der Waals surface area contributed by atoms with Crippen molar-refractivity contribution in [3.8, 4) is 0 Å². The number of rotatable bonds is 0. The van der Waals surface area contributed by atoms with E-state index in [1.807, 2.05) is 19.2 Å². The zero-order valence-electron chi connectivity index (χ0n) is 7.98. The first kappa shape index (κ1) is 9.53. The highest BCUT2D eigenvalue weighted by molar-refractivity contribution is 6.31. The Labute approximate surface area is 78.8 Å². The van der Waals surface area contributed by atoms with Crippen molar-refractivity contribution in [2.24, 2.45) is 0 Å². The first-order valence-electron chi connectivity index (χ1n) is 4.04. The smallest absolute Gasteiger partial charge is 0.0476 e. The van der Waals surface area contributed by atoms with Crippen LogP contribution in [0.15, 0.2) is 12.3 Å². The second-order valence-corrected chi connectivity index (χ2v) is 4.46. The zero-order valence-corrected chi connectivity index (χ0v) is 8.74. The Morgan fingerprint density at radius 2 is 1.92 bits per heavy atom. The summed E-state index contributed by atoms with van der Waals surface area (Å²) in [6.45, 7) is 8.33. The van der Waals surface area contributed by atoms with E-state index in [4.69, 9.17) is 11.6 Å². The van der Waals surface area contributed by atoms with Crippen LogP contribution in [0.25, 0.3) is 0 Å². The molecule has 0 saturated heterocycles. The van der Waals surface area contributed by atoms with Crippen LogP contribution >= 0.6 is 11.6 Å². The fourth-order valence-electron chi connectivity index (χ4n) is 1.08. The summed E-state index contributed by atoms with van der Waals surface area (Å²) in [4.78, 5) is 4.22. The number of hydrogen-bond donors (Lipinski definition) is 0. The largest absolute Gasteiger partial charge is 0.261 e. The summed E-state index contributed by atoms with van der Waals surface area (Å²) in [7, 11) is 0. The minimum Gasteiger partial charge on any atom is -0.261 e. The molecule has 0 spiro atoms. The molecule has 1 nitrogen and oxygen atoms in total.